The molecule has 1 fully saturated rings. The quantitative estimate of drug-likeness (QED) is 0.869. The molecule has 0 radical (unpaired) electrons. The summed E-state index contributed by atoms with van der Waals surface area (Å²) in [6.45, 7) is 8.98. The molecule has 0 N–H and O–H groups in total. The largest absolute Gasteiger partial charge is 0.361 e. The van der Waals surface area contributed by atoms with Crippen LogP contribution in [-0.2, 0) is 6.54 Å². The SMILES string of the molecule is Cc1cc(CN2CCN(C(C)c3ccc(F)cc3)CC2)no1. The first-order valence-electron chi connectivity index (χ1n) is 7.76. The van der Waals surface area contributed by atoms with E-state index in [2.05, 4.69) is 21.9 Å². The van der Waals surface area contributed by atoms with E-state index < -0.39 is 0 Å². The maximum atomic E-state index is 13.0. The van der Waals surface area contributed by atoms with Crippen molar-refractivity contribution in [1.29, 1.82) is 0 Å². The summed E-state index contributed by atoms with van der Waals surface area (Å²) >= 11 is 0. The van der Waals surface area contributed by atoms with Crippen molar-refractivity contribution in [3.63, 3.8) is 0 Å². The molecule has 2 aromatic rings. The summed E-state index contributed by atoms with van der Waals surface area (Å²) in [4.78, 5) is 4.84. The van der Waals surface area contributed by atoms with Crippen molar-refractivity contribution in [3.05, 3.63) is 53.2 Å². The Morgan fingerprint density at radius 2 is 1.86 bits per heavy atom. The predicted octanol–water partition coefficient (Wildman–Crippen LogP) is 3.00. The van der Waals surface area contributed by atoms with Crippen LogP contribution in [0.2, 0.25) is 0 Å². The van der Waals surface area contributed by atoms with Gasteiger partial charge in [0.1, 0.15) is 11.6 Å². The number of hydrogen-bond acceptors (Lipinski definition) is 4. The molecule has 5 heteroatoms. The van der Waals surface area contributed by atoms with Gasteiger partial charge in [0.15, 0.2) is 0 Å². The molecule has 1 aromatic carbocycles. The van der Waals surface area contributed by atoms with Gasteiger partial charge in [0, 0.05) is 44.8 Å². The highest BCUT2D eigenvalue weighted by Gasteiger charge is 2.22. The van der Waals surface area contributed by atoms with E-state index in [1.807, 2.05) is 25.1 Å². The summed E-state index contributed by atoms with van der Waals surface area (Å²) in [6, 6.07) is 9.14. The van der Waals surface area contributed by atoms with Crippen molar-refractivity contribution in [1.82, 2.24) is 15.0 Å². The Morgan fingerprint density at radius 3 is 2.45 bits per heavy atom. The highest BCUT2D eigenvalue weighted by atomic mass is 19.1. The minimum atomic E-state index is -0.177. The number of nitrogens with zero attached hydrogens (tertiary/aromatic N) is 3. The van der Waals surface area contributed by atoms with Gasteiger partial charge < -0.3 is 4.52 Å². The first-order chi connectivity index (χ1) is 10.6. The average Bonchev–Trinajstić information content (AvgIpc) is 2.93. The molecule has 0 aliphatic carbocycles. The fraction of sp³-hybridized carbons (Fsp3) is 0.471. The highest BCUT2D eigenvalue weighted by molar-refractivity contribution is 5.19. The Labute approximate surface area is 130 Å². The van der Waals surface area contributed by atoms with Gasteiger partial charge in [-0.3, -0.25) is 9.80 Å². The van der Waals surface area contributed by atoms with Crippen LogP contribution in [0.15, 0.2) is 34.9 Å². The van der Waals surface area contributed by atoms with Crippen molar-refractivity contribution >= 4 is 0 Å². The Hall–Kier alpha value is -1.72. The molecule has 3 rings (SSSR count). The summed E-state index contributed by atoms with van der Waals surface area (Å²) in [7, 11) is 0. The standard InChI is InChI=1S/C17H22FN3O/c1-13-11-17(19-22-13)12-20-7-9-21(10-8-20)14(2)15-3-5-16(18)6-4-15/h3-6,11,14H,7-10,12H2,1-2H3. The summed E-state index contributed by atoms with van der Waals surface area (Å²) in [5, 5.41) is 4.05. The van der Waals surface area contributed by atoms with E-state index in [0.29, 0.717) is 6.04 Å². The van der Waals surface area contributed by atoms with Crippen molar-refractivity contribution in [2.24, 2.45) is 0 Å². The van der Waals surface area contributed by atoms with Crippen molar-refractivity contribution in [2.75, 3.05) is 26.2 Å². The molecule has 1 aromatic heterocycles. The number of piperazine rings is 1. The lowest BCUT2D eigenvalue weighted by atomic mass is 10.1. The molecule has 1 atom stereocenters. The van der Waals surface area contributed by atoms with Gasteiger partial charge in [0.2, 0.25) is 0 Å². The maximum Gasteiger partial charge on any atom is 0.133 e. The molecular weight excluding hydrogens is 281 g/mol. The van der Waals surface area contributed by atoms with Crippen LogP contribution in [0.3, 0.4) is 0 Å². The second-order valence-corrected chi connectivity index (χ2v) is 5.97. The van der Waals surface area contributed by atoms with Crippen LogP contribution in [0.1, 0.15) is 30.0 Å². The number of hydrogen-bond donors (Lipinski definition) is 0. The average molecular weight is 303 g/mol. The molecule has 1 unspecified atom stereocenters. The number of benzene rings is 1. The highest BCUT2D eigenvalue weighted by Crippen LogP contribution is 2.22. The van der Waals surface area contributed by atoms with E-state index in [1.165, 1.54) is 17.7 Å². The van der Waals surface area contributed by atoms with Gasteiger partial charge in [-0.1, -0.05) is 17.3 Å². The van der Waals surface area contributed by atoms with Gasteiger partial charge in [0.05, 0.1) is 5.69 Å². The number of aryl methyl sites for hydroxylation is 1. The molecule has 1 aliphatic heterocycles. The number of rotatable bonds is 4. The molecule has 2 heterocycles. The minimum Gasteiger partial charge on any atom is -0.361 e. The number of halogens is 1. The first kappa shape index (κ1) is 15.2. The van der Waals surface area contributed by atoms with Crippen LogP contribution in [0, 0.1) is 12.7 Å². The second-order valence-electron chi connectivity index (χ2n) is 5.97. The first-order valence-corrected chi connectivity index (χ1v) is 7.76. The van der Waals surface area contributed by atoms with Crippen LogP contribution < -0.4 is 0 Å². The molecule has 0 amide bonds. The fourth-order valence-corrected chi connectivity index (χ4v) is 2.98. The van der Waals surface area contributed by atoms with E-state index in [1.54, 1.807) is 0 Å². The topological polar surface area (TPSA) is 32.5 Å². The van der Waals surface area contributed by atoms with Gasteiger partial charge in [-0.2, -0.15) is 0 Å². The van der Waals surface area contributed by atoms with Gasteiger partial charge in [0.25, 0.3) is 0 Å². The normalized spacial score (nSPS) is 18.5. The molecule has 1 saturated heterocycles. The molecular formula is C17H22FN3O. The molecule has 118 valence electrons. The van der Waals surface area contributed by atoms with Crippen LogP contribution in [-0.4, -0.2) is 41.1 Å². The summed E-state index contributed by atoms with van der Waals surface area (Å²) in [5.41, 5.74) is 2.17. The zero-order chi connectivity index (χ0) is 15.5. The number of aromatic nitrogens is 1. The molecule has 0 spiro atoms. The van der Waals surface area contributed by atoms with E-state index in [4.69, 9.17) is 4.52 Å². The molecule has 0 saturated carbocycles. The van der Waals surface area contributed by atoms with Crippen molar-refractivity contribution in [3.8, 4) is 0 Å². The third-order valence-electron chi connectivity index (χ3n) is 4.37. The van der Waals surface area contributed by atoms with Crippen LogP contribution >= 0.6 is 0 Å². The van der Waals surface area contributed by atoms with E-state index in [-0.39, 0.29) is 5.82 Å². The van der Waals surface area contributed by atoms with Crippen LogP contribution in [0.25, 0.3) is 0 Å². The Bertz CT molecular complexity index is 603. The summed E-state index contributed by atoms with van der Waals surface area (Å²) in [5.74, 6) is 0.683. The Kier molecular flexibility index (Phi) is 4.55. The Balaban J connectivity index is 1.53. The summed E-state index contributed by atoms with van der Waals surface area (Å²) in [6.07, 6.45) is 0. The third kappa shape index (κ3) is 3.54. The zero-order valence-corrected chi connectivity index (χ0v) is 13.1. The lowest BCUT2D eigenvalue weighted by Crippen LogP contribution is -2.46. The van der Waals surface area contributed by atoms with Crippen LogP contribution in [0.4, 0.5) is 4.39 Å². The molecule has 1 aliphatic rings. The van der Waals surface area contributed by atoms with E-state index in [9.17, 15) is 4.39 Å². The maximum absolute atomic E-state index is 13.0. The molecule has 22 heavy (non-hydrogen) atoms. The summed E-state index contributed by atoms with van der Waals surface area (Å²) < 4.78 is 18.1. The minimum absolute atomic E-state index is 0.177. The zero-order valence-electron chi connectivity index (χ0n) is 13.1. The predicted molar refractivity (Wildman–Crippen MR) is 82.9 cm³/mol. The van der Waals surface area contributed by atoms with Crippen molar-refractivity contribution in [2.45, 2.75) is 26.4 Å². The lowest BCUT2D eigenvalue weighted by Gasteiger charge is -2.38. The van der Waals surface area contributed by atoms with Gasteiger partial charge in [-0.05, 0) is 31.5 Å². The van der Waals surface area contributed by atoms with Gasteiger partial charge >= 0.3 is 0 Å². The Morgan fingerprint density at radius 1 is 1.18 bits per heavy atom. The smallest absolute Gasteiger partial charge is 0.133 e. The monoisotopic (exact) mass is 303 g/mol. The van der Waals surface area contributed by atoms with Gasteiger partial charge in [-0.15, -0.1) is 0 Å². The molecule has 0 bridgehead atoms. The third-order valence-corrected chi connectivity index (χ3v) is 4.37. The van der Waals surface area contributed by atoms with E-state index in [0.717, 1.165) is 44.2 Å². The fourth-order valence-electron chi connectivity index (χ4n) is 2.98. The van der Waals surface area contributed by atoms with Gasteiger partial charge in [-0.25, -0.2) is 4.39 Å². The van der Waals surface area contributed by atoms with E-state index >= 15 is 0 Å². The second kappa shape index (κ2) is 6.58. The van der Waals surface area contributed by atoms with Crippen molar-refractivity contribution < 1.29 is 8.91 Å². The van der Waals surface area contributed by atoms with Crippen LogP contribution in [0.5, 0.6) is 0 Å². The lowest BCUT2D eigenvalue weighted by molar-refractivity contribution is 0.0963. The molecule has 4 nitrogen and oxygen atoms in total.